The van der Waals surface area contributed by atoms with E-state index in [9.17, 15) is 9.90 Å². The molecule has 2 aromatic rings. The van der Waals surface area contributed by atoms with Crippen LogP contribution >= 0.6 is 23.2 Å². The van der Waals surface area contributed by atoms with E-state index in [1.165, 1.54) is 0 Å². The molecule has 0 unspecified atom stereocenters. The van der Waals surface area contributed by atoms with Crippen LogP contribution in [0.5, 0.6) is 0 Å². The Morgan fingerprint density at radius 1 is 1.22 bits per heavy atom. The zero-order valence-corrected chi connectivity index (χ0v) is 17.0. The van der Waals surface area contributed by atoms with Crippen molar-refractivity contribution in [3.63, 3.8) is 0 Å². The molecule has 7 heteroatoms. The number of rotatable bonds is 9. The molecule has 2 rings (SSSR count). The van der Waals surface area contributed by atoms with Gasteiger partial charge in [-0.05, 0) is 41.8 Å². The Morgan fingerprint density at radius 3 is 2.56 bits per heavy atom. The molecule has 0 bridgehead atoms. The van der Waals surface area contributed by atoms with E-state index in [1.54, 1.807) is 48.6 Å². The maximum absolute atomic E-state index is 12.9. The summed E-state index contributed by atoms with van der Waals surface area (Å²) in [6, 6.07) is 7.92. The van der Waals surface area contributed by atoms with Crippen molar-refractivity contribution in [1.29, 1.82) is 0 Å². The lowest BCUT2D eigenvalue weighted by molar-refractivity contribution is -0.135. The summed E-state index contributed by atoms with van der Waals surface area (Å²) >= 11 is 12.0. The van der Waals surface area contributed by atoms with E-state index in [4.69, 9.17) is 23.2 Å². The van der Waals surface area contributed by atoms with E-state index in [0.717, 1.165) is 18.4 Å². The lowest BCUT2D eigenvalue weighted by Gasteiger charge is -2.28. The van der Waals surface area contributed by atoms with Gasteiger partial charge in [0.2, 0.25) is 5.91 Å². The highest BCUT2D eigenvalue weighted by atomic mass is 35.5. The number of aliphatic hydroxyl groups is 1. The van der Waals surface area contributed by atoms with Crippen LogP contribution in [0.1, 0.15) is 37.0 Å². The van der Waals surface area contributed by atoms with E-state index in [1.807, 2.05) is 6.07 Å². The van der Waals surface area contributed by atoms with Crippen LogP contribution in [-0.4, -0.2) is 40.5 Å². The van der Waals surface area contributed by atoms with Crippen molar-refractivity contribution >= 4 is 29.1 Å². The highest BCUT2D eigenvalue weighted by Gasteiger charge is 2.30. The Labute approximate surface area is 170 Å². The number of aliphatic hydroxyl groups excluding tert-OH is 1. The molecule has 5 nitrogen and oxygen atoms in total. The van der Waals surface area contributed by atoms with E-state index in [2.05, 4.69) is 17.2 Å². The number of carbonyl (C=O) groups excluding carboxylic acids is 1. The maximum Gasteiger partial charge on any atom is 0.242 e. The van der Waals surface area contributed by atoms with Gasteiger partial charge in [0.05, 0.1) is 10.0 Å². The first-order chi connectivity index (χ1) is 12.9. The molecule has 0 saturated carbocycles. The summed E-state index contributed by atoms with van der Waals surface area (Å²) in [5.74, 6) is -0.159. The Hall–Kier alpha value is -1.66. The van der Waals surface area contributed by atoms with Crippen LogP contribution in [0.15, 0.2) is 42.7 Å². The van der Waals surface area contributed by atoms with Crippen molar-refractivity contribution in [2.24, 2.45) is 0 Å². The van der Waals surface area contributed by atoms with Gasteiger partial charge < -0.3 is 10.0 Å². The Kier molecular flexibility index (Phi) is 8.51. The number of nitrogens with one attached hydrogen (secondary N) is 1. The first-order valence-electron chi connectivity index (χ1n) is 8.94. The van der Waals surface area contributed by atoms with Crippen LogP contribution in [0, 0.1) is 0 Å². The highest BCUT2D eigenvalue weighted by Crippen LogP contribution is 2.23. The van der Waals surface area contributed by atoms with Crippen molar-refractivity contribution in [1.82, 2.24) is 15.2 Å². The molecule has 1 aromatic heterocycles. The molecule has 0 aliphatic rings. The summed E-state index contributed by atoms with van der Waals surface area (Å²) in [4.78, 5) is 18.6. The number of pyridine rings is 1. The van der Waals surface area contributed by atoms with Gasteiger partial charge >= 0.3 is 0 Å². The third-order valence-corrected chi connectivity index (χ3v) is 5.10. The van der Waals surface area contributed by atoms with Crippen molar-refractivity contribution in [2.45, 2.75) is 38.5 Å². The second-order valence-corrected chi connectivity index (χ2v) is 7.26. The number of carbonyl (C=O) groups is 1. The molecule has 2 atom stereocenters. The molecule has 0 saturated heterocycles. The van der Waals surface area contributed by atoms with Crippen LogP contribution < -0.4 is 5.32 Å². The van der Waals surface area contributed by atoms with Crippen molar-refractivity contribution in [3.05, 3.63) is 63.9 Å². The van der Waals surface area contributed by atoms with E-state index >= 15 is 0 Å². The Balaban J connectivity index is 2.17. The summed E-state index contributed by atoms with van der Waals surface area (Å²) in [5.41, 5.74) is 1.51. The number of hydrogen-bond acceptors (Lipinski definition) is 4. The summed E-state index contributed by atoms with van der Waals surface area (Å²) in [7, 11) is 1.76. The number of likely N-dealkylation sites (N-methyl/N-ethyl adjacent to an activating group) is 1. The largest absolute Gasteiger partial charge is 0.386 e. The molecule has 0 aliphatic carbocycles. The SMILES string of the molecule is CCCCN(C)C(=O)[C@H](NCc1ccc(Cl)c(Cl)c1)[C@@H](O)c1ccncc1. The highest BCUT2D eigenvalue weighted by molar-refractivity contribution is 6.42. The molecule has 146 valence electrons. The third-order valence-electron chi connectivity index (χ3n) is 4.36. The number of hydrogen-bond donors (Lipinski definition) is 2. The molecule has 2 N–H and O–H groups in total. The lowest BCUT2D eigenvalue weighted by Crippen LogP contribution is -2.48. The monoisotopic (exact) mass is 409 g/mol. The second-order valence-electron chi connectivity index (χ2n) is 6.45. The number of amides is 1. The minimum atomic E-state index is -0.993. The predicted molar refractivity (Wildman–Crippen MR) is 109 cm³/mol. The minimum absolute atomic E-state index is 0.159. The summed E-state index contributed by atoms with van der Waals surface area (Å²) in [6.07, 6.45) is 4.10. The summed E-state index contributed by atoms with van der Waals surface area (Å²) < 4.78 is 0. The smallest absolute Gasteiger partial charge is 0.242 e. The number of aromatic nitrogens is 1. The molecular weight excluding hydrogens is 385 g/mol. The topological polar surface area (TPSA) is 65.5 Å². The number of unbranched alkanes of at least 4 members (excludes halogenated alkanes) is 1. The summed E-state index contributed by atoms with van der Waals surface area (Å²) in [5, 5.41) is 14.9. The Morgan fingerprint density at radius 2 is 1.93 bits per heavy atom. The van der Waals surface area contributed by atoms with E-state index in [0.29, 0.717) is 28.7 Å². The molecule has 1 heterocycles. The van der Waals surface area contributed by atoms with Crippen molar-refractivity contribution < 1.29 is 9.90 Å². The van der Waals surface area contributed by atoms with Crippen LogP contribution in [-0.2, 0) is 11.3 Å². The molecule has 0 radical (unpaired) electrons. The van der Waals surface area contributed by atoms with Crippen molar-refractivity contribution in [3.8, 4) is 0 Å². The molecule has 0 fully saturated rings. The van der Waals surface area contributed by atoms with Crippen LogP contribution in [0.3, 0.4) is 0 Å². The van der Waals surface area contributed by atoms with Crippen LogP contribution in [0.25, 0.3) is 0 Å². The third kappa shape index (κ3) is 6.18. The first-order valence-corrected chi connectivity index (χ1v) is 9.70. The van der Waals surface area contributed by atoms with Gasteiger partial charge in [0.25, 0.3) is 0 Å². The average Bonchev–Trinajstić information content (AvgIpc) is 2.69. The average molecular weight is 410 g/mol. The van der Waals surface area contributed by atoms with E-state index < -0.39 is 12.1 Å². The molecule has 27 heavy (non-hydrogen) atoms. The van der Waals surface area contributed by atoms with Gasteiger partial charge in [-0.1, -0.05) is 42.6 Å². The molecular formula is C20H25Cl2N3O2. The van der Waals surface area contributed by atoms with E-state index in [-0.39, 0.29) is 5.91 Å². The standard InChI is InChI=1S/C20H25Cl2N3O2/c1-3-4-11-25(2)20(27)18(19(26)15-7-9-23-10-8-15)24-13-14-5-6-16(21)17(22)12-14/h5-10,12,18-19,24,26H,3-4,11,13H2,1-2H3/t18-,19+/m1/s1. The van der Waals surface area contributed by atoms with Gasteiger partial charge in [0, 0.05) is 32.5 Å². The van der Waals surface area contributed by atoms with Gasteiger partial charge in [-0.2, -0.15) is 0 Å². The van der Waals surface area contributed by atoms with Gasteiger partial charge in [-0.25, -0.2) is 0 Å². The van der Waals surface area contributed by atoms with Crippen molar-refractivity contribution in [2.75, 3.05) is 13.6 Å². The van der Waals surface area contributed by atoms with Crippen LogP contribution in [0.4, 0.5) is 0 Å². The second kappa shape index (κ2) is 10.6. The fourth-order valence-electron chi connectivity index (χ4n) is 2.71. The van der Waals surface area contributed by atoms with Crippen LogP contribution in [0.2, 0.25) is 10.0 Å². The molecule has 0 aliphatic heterocycles. The fraction of sp³-hybridized carbons (Fsp3) is 0.400. The lowest BCUT2D eigenvalue weighted by atomic mass is 10.0. The predicted octanol–water partition coefficient (Wildman–Crippen LogP) is 3.84. The minimum Gasteiger partial charge on any atom is -0.386 e. The number of nitrogens with zero attached hydrogens (tertiary/aromatic N) is 2. The number of halogens is 2. The molecule has 0 spiro atoms. The zero-order chi connectivity index (χ0) is 19.8. The fourth-order valence-corrected chi connectivity index (χ4v) is 3.03. The van der Waals surface area contributed by atoms with Gasteiger partial charge in [-0.15, -0.1) is 0 Å². The summed E-state index contributed by atoms with van der Waals surface area (Å²) in [6.45, 7) is 3.09. The van der Waals surface area contributed by atoms with Gasteiger partial charge in [0.15, 0.2) is 0 Å². The van der Waals surface area contributed by atoms with Gasteiger partial charge in [0.1, 0.15) is 12.1 Å². The van der Waals surface area contributed by atoms with Gasteiger partial charge in [-0.3, -0.25) is 15.1 Å². The quantitative estimate of drug-likeness (QED) is 0.660. The molecule has 1 amide bonds. The normalized spacial score (nSPS) is 13.2. The number of benzene rings is 1. The first kappa shape index (κ1) is 21.6. The zero-order valence-electron chi connectivity index (χ0n) is 15.5. The Bertz CT molecular complexity index is 743. The molecule has 1 aromatic carbocycles. The maximum atomic E-state index is 12.9.